The van der Waals surface area contributed by atoms with E-state index in [-0.39, 0.29) is 6.61 Å². The van der Waals surface area contributed by atoms with E-state index in [1.165, 1.54) is 37.1 Å². The standard InChI is InChI=1S/C34H34OSi2/c1-36(2,27-26-35)30-22-18-28(19-23-30)29-20-24-34(25-21-29)37(31-12-6-3-7-13-31,32-14-8-4-9-15-32)33-16-10-5-11-17-33/h3-25,35H,26-27H2,1-2H3. The highest BCUT2D eigenvalue weighted by atomic mass is 28.3. The minimum atomic E-state index is -2.48. The van der Waals surface area contributed by atoms with Gasteiger partial charge in [-0.15, -0.1) is 0 Å². The first-order valence-corrected chi connectivity index (χ1v) is 18.3. The molecule has 1 N–H and O–H groups in total. The summed E-state index contributed by atoms with van der Waals surface area (Å²) in [6.45, 7) is 4.92. The van der Waals surface area contributed by atoms with Crippen molar-refractivity contribution in [3.63, 3.8) is 0 Å². The largest absolute Gasteiger partial charge is 0.397 e. The summed E-state index contributed by atoms with van der Waals surface area (Å²) in [5.41, 5.74) is 2.46. The predicted octanol–water partition coefficient (Wildman–Crippen LogP) is 4.64. The van der Waals surface area contributed by atoms with Gasteiger partial charge in [-0.05, 0) is 37.9 Å². The van der Waals surface area contributed by atoms with Crippen molar-refractivity contribution in [1.82, 2.24) is 0 Å². The number of benzene rings is 5. The van der Waals surface area contributed by atoms with Crippen molar-refractivity contribution >= 4 is 42.1 Å². The van der Waals surface area contributed by atoms with Crippen LogP contribution in [0, 0.1) is 0 Å². The first-order valence-electron chi connectivity index (χ1n) is 13.0. The highest BCUT2D eigenvalue weighted by Gasteiger charge is 2.41. The van der Waals surface area contributed by atoms with Crippen molar-refractivity contribution in [2.45, 2.75) is 19.1 Å². The lowest BCUT2D eigenvalue weighted by Gasteiger charge is -2.34. The Labute approximate surface area is 223 Å². The maximum Gasteiger partial charge on any atom is 0.179 e. The molecule has 0 bridgehead atoms. The highest BCUT2D eigenvalue weighted by molar-refractivity contribution is 7.19. The Morgan fingerprint density at radius 3 is 1.11 bits per heavy atom. The van der Waals surface area contributed by atoms with Crippen LogP contribution >= 0.6 is 0 Å². The summed E-state index contributed by atoms with van der Waals surface area (Å²) in [6.07, 6.45) is 0. The molecule has 0 amide bonds. The van der Waals surface area contributed by atoms with Gasteiger partial charge in [-0.2, -0.15) is 0 Å². The van der Waals surface area contributed by atoms with E-state index in [1.807, 2.05) is 0 Å². The van der Waals surface area contributed by atoms with Crippen LogP contribution in [0.3, 0.4) is 0 Å². The average Bonchev–Trinajstić information content (AvgIpc) is 2.96. The molecule has 0 spiro atoms. The third-order valence-corrected chi connectivity index (χ3v) is 15.8. The van der Waals surface area contributed by atoms with Gasteiger partial charge in [-0.1, -0.05) is 158 Å². The molecule has 5 rings (SSSR count). The molecule has 1 nitrogen and oxygen atoms in total. The van der Waals surface area contributed by atoms with Crippen LogP contribution in [0.2, 0.25) is 19.1 Å². The van der Waals surface area contributed by atoms with E-state index in [0.29, 0.717) is 0 Å². The molecule has 0 aliphatic rings. The lowest BCUT2D eigenvalue weighted by Crippen LogP contribution is -2.74. The zero-order chi connectivity index (χ0) is 25.7. The quantitative estimate of drug-likeness (QED) is 0.236. The van der Waals surface area contributed by atoms with E-state index in [0.717, 1.165) is 6.04 Å². The Bertz CT molecular complexity index is 1320. The van der Waals surface area contributed by atoms with Gasteiger partial charge in [0.1, 0.15) is 0 Å². The van der Waals surface area contributed by atoms with Gasteiger partial charge in [0, 0.05) is 6.61 Å². The third-order valence-electron chi connectivity index (χ3n) is 7.67. The number of rotatable bonds is 8. The van der Waals surface area contributed by atoms with Gasteiger partial charge in [0.05, 0.1) is 8.07 Å². The Kier molecular flexibility index (Phi) is 7.38. The van der Waals surface area contributed by atoms with E-state index < -0.39 is 16.1 Å². The van der Waals surface area contributed by atoms with Gasteiger partial charge < -0.3 is 5.11 Å². The van der Waals surface area contributed by atoms with E-state index >= 15 is 0 Å². The summed E-state index contributed by atoms with van der Waals surface area (Å²) in [7, 11) is -4.08. The molecule has 0 aromatic heterocycles. The Morgan fingerprint density at radius 1 is 0.432 bits per heavy atom. The van der Waals surface area contributed by atoms with Gasteiger partial charge >= 0.3 is 0 Å². The van der Waals surface area contributed by atoms with Gasteiger partial charge in [-0.3, -0.25) is 0 Å². The van der Waals surface area contributed by atoms with E-state index in [4.69, 9.17) is 0 Å². The fourth-order valence-electron chi connectivity index (χ4n) is 5.51. The Balaban J connectivity index is 1.63. The first kappa shape index (κ1) is 25.2. The van der Waals surface area contributed by atoms with E-state index in [9.17, 15) is 5.11 Å². The number of hydrogen-bond acceptors (Lipinski definition) is 1. The van der Waals surface area contributed by atoms with Gasteiger partial charge in [0.15, 0.2) is 8.07 Å². The normalized spacial score (nSPS) is 11.9. The van der Waals surface area contributed by atoms with E-state index in [1.54, 1.807) is 0 Å². The summed E-state index contributed by atoms with van der Waals surface area (Å²) < 4.78 is 0. The summed E-state index contributed by atoms with van der Waals surface area (Å²) in [5.74, 6) is 0. The van der Waals surface area contributed by atoms with Gasteiger partial charge in [0.25, 0.3) is 0 Å². The van der Waals surface area contributed by atoms with Crippen LogP contribution in [-0.4, -0.2) is 27.9 Å². The topological polar surface area (TPSA) is 20.2 Å². The molecule has 0 saturated carbocycles. The molecule has 0 unspecified atom stereocenters. The fraction of sp³-hybridized carbons (Fsp3) is 0.118. The molecule has 5 aromatic rings. The SMILES string of the molecule is C[Si](C)(CCO)c1ccc(-c2ccc([Si](c3ccccc3)(c3ccccc3)c3ccccc3)cc2)cc1. The van der Waals surface area contributed by atoms with Crippen molar-refractivity contribution in [2.24, 2.45) is 0 Å². The number of aliphatic hydroxyl groups is 1. The highest BCUT2D eigenvalue weighted by Crippen LogP contribution is 2.20. The molecular formula is C34H34OSi2. The molecule has 0 heterocycles. The predicted molar refractivity (Wildman–Crippen MR) is 165 cm³/mol. The van der Waals surface area contributed by atoms with Crippen molar-refractivity contribution in [2.75, 3.05) is 6.61 Å². The minimum Gasteiger partial charge on any atom is -0.397 e. The fourth-order valence-corrected chi connectivity index (χ4v) is 12.2. The van der Waals surface area contributed by atoms with Crippen molar-refractivity contribution < 1.29 is 5.11 Å². The van der Waals surface area contributed by atoms with Crippen molar-refractivity contribution in [3.8, 4) is 11.1 Å². The zero-order valence-electron chi connectivity index (χ0n) is 21.6. The monoisotopic (exact) mass is 514 g/mol. The molecular weight excluding hydrogens is 481 g/mol. The van der Waals surface area contributed by atoms with Crippen LogP contribution < -0.4 is 25.9 Å². The van der Waals surface area contributed by atoms with Crippen LogP contribution in [0.5, 0.6) is 0 Å². The molecule has 0 aliphatic heterocycles. The van der Waals surface area contributed by atoms with E-state index in [2.05, 4.69) is 153 Å². The van der Waals surface area contributed by atoms with Crippen molar-refractivity contribution in [1.29, 1.82) is 0 Å². The van der Waals surface area contributed by atoms with Crippen LogP contribution in [0.1, 0.15) is 0 Å². The third kappa shape index (κ3) is 4.90. The molecule has 184 valence electrons. The van der Waals surface area contributed by atoms with Crippen molar-refractivity contribution in [3.05, 3.63) is 140 Å². The second-order valence-corrected chi connectivity index (χ2v) is 19.0. The molecule has 3 heteroatoms. The summed E-state index contributed by atoms with van der Waals surface area (Å²) in [5, 5.41) is 16.4. The summed E-state index contributed by atoms with van der Waals surface area (Å²) >= 11 is 0. The molecule has 5 aromatic carbocycles. The lowest BCUT2D eigenvalue weighted by molar-refractivity contribution is 0.317. The maximum atomic E-state index is 9.47. The lowest BCUT2D eigenvalue weighted by atomic mass is 10.1. The smallest absolute Gasteiger partial charge is 0.179 e. The average molecular weight is 515 g/mol. The van der Waals surface area contributed by atoms with Crippen LogP contribution in [0.15, 0.2) is 140 Å². The Hall–Kier alpha value is -3.51. The maximum absolute atomic E-state index is 9.47. The van der Waals surface area contributed by atoms with Crippen LogP contribution in [-0.2, 0) is 0 Å². The molecule has 0 radical (unpaired) electrons. The minimum absolute atomic E-state index is 0.262. The second-order valence-electron chi connectivity index (χ2n) is 10.4. The summed E-state index contributed by atoms with van der Waals surface area (Å²) in [6, 6.07) is 52.3. The molecule has 0 atom stereocenters. The molecule has 0 saturated heterocycles. The molecule has 37 heavy (non-hydrogen) atoms. The van der Waals surface area contributed by atoms with Gasteiger partial charge in [-0.25, -0.2) is 0 Å². The second kappa shape index (κ2) is 10.9. The summed E-state index contributed by atoms with van der Waals surface area (Å²) in [4.78, 5) is 0. The van der Waals surface area contributed by atoms with Gasteiger partial charge in [0.2, 0.25) is 0 Å². The zero-order valence-corrected chi connectivity index (χ0v) is 23.6. The molecule has 0 fully saturated rings. The molecule has 0 aliphatic carbocycles. The number of aliphatic hydroxyl groups excluding tert-OH is 1. The van der Waals surface area contributed by atoms with Crippen LogP contribution in [0.4, 0.5) is 0 Å². The Morgan fingerprint density at radius 2 is 0.757 bits per heavy atom. The number of hydrogen-bond donors (Lipinski definition) is 1. The van der Waals surface area contributed by atoms with Crippen LogP contribution in [0.25, 0.3) is 11.1 Å². The first-order chi connectivity index (χ1) is 18.1.